The molecule has 0 bridgehead atoms. The van der Waals surface area contributed by atoms with Gasteiger partial charge in [-0.1, -0.05) is 24.3 Å². The van der Waals surface area contributed by atoms with Crippen LogP contribution >= 0.6 is 0 Å². The normalized spacial score (nSPS) is 16.8. The van der Waals surface area contributed by atoms with E-state index in [0.717, 1.165) is 12.5 Å². The summed E-state index contributed by atoms with van der Waals surface area (Å²) in [6.45, 7) is 0.481. The Labute approximate surface area is 163 Å². The third-order valence-electron chi connectivity index (χ3n) is 4.87. The molecule has 1 atom stereocenters. The fourth-order valence-corrected chi connectivity index (χ4v) is 3.39. The third-order valence-corrected chi connectivity index (χ3v) is 4.87. The molecule has 3 N–H and O–H groups in total. The van der Waals surface area contributed by atoms with Gasteiger partial charge in [0.1, 0.15) is 11.4 Å². The molecule has 0 radical (unpaired) electrons. The van der Waals surface area contributed by atoms with Crippen LogP contribution in [0.1, 0.15) is 18.4 Å². The van der Waals surface area contributed by atoms with Crippen molar-refractivity contribution in [2.75, 3.05) is 11.9 Å². The summed E-state index contributed by atoms with van der Waals surface area (Å²) in [5, 5.41) is 25.9. The van der Waals surface area contributed by atoms with E-state index in [0.29, 0.717) is 35.6 Å². The van der Waals surface area contributed by atoms with Gasteiger partial charge < -0.3 is 15.7 Å². The summed E-state index contributed by atoms with van der Waals surface area (Å²) in [7, 11) is 0. The predicted octanol–water partition coefficient (Wildman–Crippen LogP) is 3.71. The number of anilines is 1. The molecule has 0 aliphatic carbocycles. The predicted molar refractivity (Wildman–Crippen MR) is 101 cm³/mol. The number of rotatable bonds is 4. The lowest BCUT2D eigenvalue weighted by atomic mass is 10.0. The van der Waals surface area contributed by atoms with E-state index in [4.69, 9.17) is 0 Å². The maximum atomic E-state index is 12.9. The molecule has 4 rings (SSSR count). The van der Waals surface area contributed by atoms with Gasteiger partial charge in [-0.3, -0.25) is 4.79 Å². The van der Waals surface area contributed by atoms with Crippen LogP contribution < -0.4 is 10.6 Å². The molecule has 1 aliphatic heterocycles. The highest BCUT2D eigenvalue weighted by molar-refractivity contribution is 6.00. The Kier molecular flexibility index (Phi) is 4.73. The highest BCUT2D eigenvalue weighted by atomic mass is 19.4. The second kappa shape index (κ2) is 7.23. The van der Waals surface area contributed by atoms with Crippen molar-refractivity contribution >= 4 is 22.5 Å². The summed E-state index contributed by atoms with van der Waals surface area (Å²) in [4.78, 5) is 11.3. The lowest BCUT2D eigenvalue weighted by Gasteiger charge is -2.15. The van der Waals surface area contributed by atoms with E-state index in [2.05, 4.69) is 20.8 Å². The van der Waals surface area contributed by atoms with Crippen molar-refractivity contribution in [3.05, 3.63) is 48.0 Å². The number of hydrogen-bond acceptors (Lipinski definition) is 5. The molecule has 1 saturated heterocycles. The minimum Gasteiger partial charge on any atom is -0.507 e. The van der Waals surface area contributed by atoms with E-state index >= 15 is 0 Å². The smallest absolute Gasteiger partial charge is 0.416 e. The number of carbonyl (C=O) groups excluding carboxylic acids is 1. The van der Waals surface area contributed by atoms with Crippen LogP contribution in [0.25, 0.3) is 22.0 Å². The van der Waals surface area contributed by atoms with Crippen LogP contribution in [0.3, 0.4) is 0 Å². The van der Waals surface area contributed by atoms with Gasteiger partial charge in [0.25, 0.3) is 0 Å². The number of carbonyl (C=O) groups is 1. The molecule has 29 heavy (non-hydrogen) atoms. The number of alkyl halides is 3. The van der Waals surface area contributed by atoms with Gasteiger partial charge in [-0.2, -0.15) is 13.2 Å². The zero-order valence-corrected chi connectivity index (χ0v) is 15.1. The molecule has 0 unspecified atom stereocenters. The summed E-state index contributed by atoms with van der Waals surface area (Å²) < 4.78 is 38.6. The first-order chi connectivity index (χ1) is 13.8. The Bertz CT molecular complexity index is 1080. The van der Waals surface area contributed by atoms with Gasteiger partial charge in [0.2, 0.25) is 5.91 Å². The van der Waals surface area contributed by atoms with Crippen molar-refractivity contribution in [1.82, 2.24) is 15.5 Å². The van der Waals surface area contributed by atoms with E-state index < -0.39 is 17.5 Å². The molecule has 150 valence electrons. The Morgan fingerprint density at radius 1 is 1.14 bits per heavy atom. The topological polar surface area (TPSA) is 87.1 Å². The molecule has 1 amide bonds. The maximum absolute atomic E-state index is 12.9. The number of phenols is 1. The van der Waals surface area contributed by atoms with Gasteiger partial charge >= 0.3 is 6.18 Å². The fraction of sp³-hybridized carbons (Fsp3) is 0.250. The van der Waals surface area contributed by atoms with Gasteiger partial charge in [0.15, 0.2) is 5.82 Å². The second-order valence-electron chi connectivity index (χ2n) is 6.86. The van der Waals surface area contributed by atoms with E-state index in [-0.39, 0.29) is 23.2 Å². The van der Waals surface area contributed by atoms with Gasteiger partial charge in [-0.15, -0.1) is 10.2 Å². The number of halogens is 3. The standard InChI is InChI=1S/C20H17F3N4O2/c21-20(22,23)11-5-7-15(16(28)9-11)18-13-3-1-2-4-14(13)19(27-26-18)24-10-12-6-8-17(29)25-12/h1-5,7,9,12,28H,6,8,10H2,(H,24,27)(H,25,29)/t12-/m1/s1. The Hall–Kier alpha value is -3.36. The summed E-state index contributed by atoms with van der Waals surface area (Å²) in [5.74, 6) is -0.00794. The molecular formula is C20H17F3N4O2. The number of benzene rings is 2. The minimum absolute atomic E-state index is 0.00157. The monoisotopic (exact) mass is 402 g/mol. The number of phenolic OH excluding ortho intramolecular Hbond substituents is 1. The summed E-state index contributed by atoms with van der Waals surface area (Å²) in [6, 6.07) is 9.93. The van der Waals surface area contributed by atoms with Crippen molar-refractivity contribution in [1.29, 1.82) is 0 Å². The van der Waals surface area contributed by atoms with Crippen LogP contribution in [-0.2, 0) is 11.0 Å². The molecular weight excluding hydrogens is 385 g/mol. The van der Waals surface area contributed by atoms with E-state index in [1.54, 1.807) is 12.1 Å². The third kappa shape index (κ3) is 3.80. The molecule has 2 heterocycles. The molecule has 9 heteroatoms. The molecule has 3 aromatic rings. The van der Waals surface area contributed by atoms with Crippen LogP contribution in [0.2, 0.25) is 0 Å². The van der Waals surface area contributed by atoms with Crippen LogP contribution in [0.15, 0.2) is 42.5 Å². The zero-order chi connectivity index (χ0) is 20.6. The van der Waals surface area contributed by atoms with Crippen molar-refractivity contribution in [3.8, 4) is 17.0 Å². The highest BCUT2D eigenvalue weighted by Gasteiger charge is 2.31. The van der Waals surface area contributed by atoms with Crippen LogP contribution in [0.5, 0.6) is 5.75 Å². The molecule has 0 saturated carbocycles. The van der Waals surface area contributed by atoms with Gasteiger partial charge in [0, 0.05) is 35.3 Å². The summed E-state index contributed by atoms with van der Waals surface area (Å²) in [6.07, 6.45) is -3.33. The van der Waals surface area contributed by atoms with E-state index in [9.17, 15) is 23.1 Å². The lowest BCUT2D eigenvalue weighted by Crippen LogP contribution is -2.32. The number of amides is 1. The molecule has 1 aliphatic rings. The van der Waals surface area contributed by atoms with Crippen molar-refractivity contribution in [3.63, 3.8) is 0 Å². The molecule has 6 nitrogen and oxygen atoms in total. The van der Waals surface area contributed by atoms with Crippen molar-refractivity contribution in [2.24, 2.45) is 0 Å². The zero-order valence-electron chi connectivity index (χ0n) is 15.1. The first-order valence-corrected chi connectivity index (χ1v) is 9.02. The van der Waals surface area contributed by atoms with E-state index in [1.165, 1.54) is 6.07 Å². The average molecular weight is 402 g/mol. The summed E-state index contributed by atoms with van der Waals surface area (Å²) in [5.41, 5.74) is -0.490. The number of nitrogens with one attached hydrogen (secondary N) is 2. The summed E-state index contributed by atoms with van der Waals surface area (Å²) >= 11 is 0. The SMILES string of the molecule is O=C1CC[C@H](CNc2nnc(-c3ccc(C(F)(F)F)cc3O)c3ccccc23)N1. The van der Waals surface area contributed by atoms with Crippen LogP contribution in [0, 0.1) is 0 Å². The van der Waals surface area contributed by atoms with Gasteiger partial charge in [-0.05, 0) is 24.6 Å². The Morgan fingerprint density at radius 2 is 1.90 bits per heavy atom. The largest absolute Gasteiger partial charge is 0.507 e. The number of fused-ring (bicyclic) bond motifs is 1. The average Bonchev–Trinajstić information content (AvgIpc) is 3.11. The second-order valence-corrected chi connectivity index (χ2v) is 6.86. The number of aromatic nitrogens is 2. The van der Waals surface area contributed by atoms with Crippen molar-refractivity contribution < 1.29 is 23.1 Å². The van der Waals surface area contributed by atoms with Gasteiger partial charge in [-0.25, -0.2) is 0 Å². The molecule has 2 aromatic carbocycles. The molecule has 0 spiro atoms. The van der Waals surface area contributed by atoms with Gasteiger partial charge in [0.05, 0.1) is 5.56 Å². The minimum atomic E-state index is -4.55. The van der Waals surface area contributed by atoms with Crippen LogP contribution in [0.4, 0.5) is 19.0 Å². The first-order valence-electron chi connectivity index (χ1n) is 9.02. The number of hydrogen-bond donors (Lipinski definition) is 3. The Balaban J connectivity index is 1.69. The van der Waals surface area contributed by atoms with Crippen LogP contribution in [-0.4, -0.2) is 33.8 Å². The quantitative estimate of drug-likeness (QED) is 0.619. The first kappa shape index (κ1) is 19.0. The molecule has 1 fully saturated rings. The highest BCUT2D eigenvalue weighted by Crippen LogP contribution is 2.38. The fourth-order valence-electron chi connectivity index (χ4n) is 3.39. The number of aromatic hydroxyl groups is 1. The maximum Gasteiger partial charge on any atom is 0.416 e. The molecule has 1 aromatic heterocycles. The lowest BCUT2D eigenvalue weighted by molar-refractivity contribution is -0.137. The number of nitrogens with zero attached hydrogens (tertiary/aromatic N) is 2. The van der Waals surface area contributed by atoms with Crippen molar-refractivity contribution in [2.45, 2.75) is 25.1 Å². The van der Waals surface area contributed by atoms with E-state index in [1.807, 2.05) is 12.1 Å². The Morgan fingerprint density at radius 3 is 2.55 bits per heavy atom.